The third-order valence-corrected chi connectivity index (χ3v) is 4.82. The minimum absolute atomic E-state index is 0.0957. The van der Waals surface area contributed by atoms with Crippen LogP contribution in [-0.4, -0.2) is 31.7 Å². The second kappa shape index (κ2) is 7.39. The molecule has 0 bridgehead atoms. The molecule has 0 radical (unpaired) electrons. The van der Waals surface area contributed by atoms with Crippen LogP contribution in [0.4, 0.5) is 0 Å². The highest BCUT2D eigenvalue weighted by Crippen LogP contribution is 2.16. The molecule has 0 aliphatic rings. The maximum atomic E-state index is 12.4. The monoisotopic (exact) mass is 435 g/mol. The van der Waals surface area contributed by atoms with E-state index in [1.54, 1.807) is 7.11 Å². The molecule has 3 rings (SSSR count). The Morgan fingerprint density at radius 2 is 2.00 bits per heavy atom. The molecule has 1 N–H and O–H groups in total. The third kappa shape index (κ3) is 3.52. The number of aryl methyl sites for hydroxylation is 1. The number of nitrogens with zero attached hydrogens (tertiary/aromatic N) is 4. The molecule has 0 saturated heterocycles. The number of rotatable bonds is 5. The lowest BCUT2D eigenvalue weighted by Crippen LogP contribution is -2.38. The van der Waals surface area contributed by atoms with Crippen molar-refractivity contribution in [2.45, 2.75) is 13.1 Å². The van der Waals surface area contributed by atoms with Crippen molar-refractivity contribution in [2.24, 2.45) is 14.1 Å². The summed E-state index contributed by atoms with van der Waals surface area (Å²) in [4.78, 5) is 41.0. The quantitative estimate of drug-likeness (QED) is 0.588. The van der Waals surface area contributed by atoms with Crippen molar-refractivity contribution < 1.29 is 9.53 Å². The van der Waals surface area contributed by atoms with E-state index in [9.17, 15) is 14.4 Å². The lowest BCUT2D eigenvalue weighted by atomic mass is 10.2. The van der Waals surface area contributed by atoms with Gasteiger partial charge in [-0.1, -0.05) is 12.1 Å². The van der Waals surface area contributed by atoms with Crippen LogP contribution >= 0.6 is 15.9 Å². The van der Waals surface area contributed by atoms with E-state index in [1.165, 1.54) is 23.2 Å². The number of hydrogen-bond donors (Lipinski definition) is 1. The van der Waals surface area contributed by atoms with Gasteiger partial charge in [0, 0.05) is 20.6 Å². The molecule has 2 aromatic heterocycles. The van der Waals surface area contributed by atoms with E-state index in [-0.39, 0.29) is 23.6 Å². The average Bonchev–Trinajstić information content (AvgIpc) is 2.99. The highest BCUT2D eigenvalue weighted by atomic mass is 79.9. The Balaban J connectivity index is 1.86. The van der Waals surface area contributed by atoms with Crippen molar-refractivity contribution >= 4 is 33.0 Å². The standard InChI is InChI=1S/C17H18BrN5O4/c1-21-14-13(15(25)22(2)17(21)26)20-16(18)23(14)9-12(24)19-8-10-5-4-6-11(7-10)27-3/h4-7H,8-9H2,1-3H3,(H,19,24). The zero-order chi connectivity index (χ0) is 19.7. The molecule has 0 unspecified atom stereocenters. The SMILES string of the molecule is COc1cccc(CNC(=O)Cn2c(Br)nc3c(=O)n(C)c(=O)n(C)c32)c1. The fourth-order valence-corrected chi connectivity index (χ4v) is 3.26. The van der Waals surface area contributed by atoms with Gasteiger partial charge < -0.3 is 10.1 Å². The number of fused-ring (bicyclic) bond motifs is 1. The second-order valence-corrected chi connectivity index (χ2v) is 6.68. The van der Waals surface area contributed by atoms with E-state index < -0.39 is 11.2 Å². The van der Waals surface area contributed by atoms with Gasteiger partial charge in [-0.15, -0.1) is 0 Å². The maximum absolute atomic E-state index is 12.4. The molecule has 0 aliphatic carbocycles. The summed E-state index contributed by atoms with van der Waals surface area (Å²) < 4.78 is 9.22. The van der Waals surface area contributed by atoms with E-state index in [2.05, 4.69) is 26.2 Å². The summed E-state index contributed by atoms with van der Waals surface area (Å²) in [5.74, 6) is 0.418. The highest BCUT2D eigenvalue weighted by molar-refractivity contribution is 9.10. The van der Waals surface area contributed by atoms with Crippen LogP contribution in [0.3, 0.4) is 0 Å². The second-order valence-electron chi connectivity index (χ2n) is 5.97. The predicted molar refractivity (Wildman–Crippen MR) is 103 cm³/mol. The van der Waals surface area contributed by atoms with E-state index in [0.29, 0.717) is 17.0 Å². The van der Waals surface area contributed by atoms with Crippen molar-refractivity contribution in [1.82, 2.24) is 24.0 Å². The molecule has 0 spiro atoms. The first kappa shape index (κ1) is 18.9. The smallest absolute Gasteiger partial charge is 0.332 e. The van der Waals surface area contributed by atoms with Gasteiger partial charge in [-0.05, 0) is 33.6 Å². The number of carbonyl (C=O) groups excluding carboxylic acids is 1. The summed E-state index contributed by atoms with van der Waals surface area (Å²) in [5.41, 5.74) is 0.291. The number of ether oxygens (including phenoxy) is 1. The molecule has 10 heteroatoms. The molecule has 0 aliphatic heterocycles. The van der Waals surface area contributed by atoms with Crippen LogP contribution in [0.2, 0.25) is 0 Å². The van der Waals surface area contributed by atoms with Gasteiger partial charge in [-0.25, -0.2) is 9.78 Å². The van der Waals surface area contributed by atoms with Gasteiger partial charge in [0.2, 0.25) is 5.91 Å². The largest absolute Gasteiger partial charge is 0.497 e. The molecule has 1 amide bonds. The zero-order valence-electron chi connectivity index (χ0n) is 15.0. The van der Waals surface area contributed by atoms with Gasteiger partial charge in [0.15, 0.2) is 15.9 Å². The van der Waals surface area contributed by atoms with Gasteiger partial charge in [0.1, 0.15) is 12.3 Å². The average molecular weight is 436 g/mol. The molecule has 1 aromatic carbocycles. The van der Waals surface area contributed by atoms with Crippen molar-refractivity contribution in [1.29, 1.82) is 0 Å². The lowest BCUT2D eigenvalue weighted by molar-refractivity contribution is -0.121. The molecule has 9 nitrogen and oxygen atoms in total. The Bertz CT molecular complexity index is 1140. The summed E-state index contributed by atoms with van der Waals surface area (Å²) in [6, 6.07) is 7.36. The van der Waals surface area contributed by atoms with Crippen LogP contribution in [0.5, 0.6) is 5.75 Å². The summed E-state index contributed by atoms with van der Waals surface area (Å²) in [7, 11) is 4.49. The Morgan fingerprint density at radius 3 is 2.70 bits per heavy atom. The predicted octanol–water partition coefficient (Wildman–Crippen LogP) is 0.521. The fourth-order valence-electron chi connectivity index (χ4n) is 2.79. The van der Waals surface area contributed by atoms with Crippen LogP contribution in [0.15, 0.2) is 38.6 Å². The van der Waals surface area contributed by atoms with Gasteiger partial charge in [0.05, 0.1) is 7.11 Å². The van der Waals surface area contributed by atoms with Gasteiger partial charge in [-0.3, -0.25) is 23.3 Å². The number of aromatic nitrogens is 4. The number of halogens is 1. The molecule has 142 valence electrons. The summed E-state index contributed by atoms with van der Waals surface area (Å²) in [5, 5.41) is 2.81. The van der Waals surface area contributed by atoms with E-state index in [1.807, 2.05) is 24.3 Å². The van der Waals surface area contributed by atoms with Crippen LogP contribution in [-0.2, 0) is 32.0 Å². The highest BCUT2D eigenvalue weighted by Gasteiger charge is 2.19. The maximum Gasteiger partial charge on any atom is 0.332 e. The van der Waals surface area contributed by atoms with E-state index in [0.717, 1.165) is 10.1 Å². The molecule has 27 heavy (non-hydrogen) atoms. The first-order valence-electron chi connectivity index (χ1n) is 8.05. The number of amides is 1. The molecular formula is C17H18BrN5O4. The molecule has 0 saturated carbocycles. The van der Waals surface area contributed by atoms with Crippen molar-refractivity contribution in [2.75, 3.05) is 7.11 Å². The third-order valence-electron chi connectivity index (χ3n) is 4.22. The minimum atomic E-state index is -0.510. The number of nitrogens with one attached hydrogen (secondary N) is 1. The van der Waals surface area contributed by atoms with E-state index in [4.69, 9.17) is 4.74 Å². The normalized spacial score (nSPS) is 11.0. The fraction of sp³-hybridized carbons (Fsp3) is 0.294. The number of benzene rings is 1. The Kier molecular flexibility index (Phi) is 5.17. The molecule has 2 heterocycles. The topological polar surface area (TPSA) is 100 Å². The Labute approximate surface area is 162 Å². The summed E-state index contributed by atoms with van der Waals surface area (Å²) >= 11 is 3.26. The first-order valence-corrected chi connectivity index (χ1v) is 8.84. The minimum Gasteiger partial charge on any atom is -0.497 e. The van der Waals surface area contributed by atoms with Crippen LogP contribution in [0.1, 0.15) is 5.56 Å². The Morgan fingerprint density at radius 1 is 1.26 bits per heavy atom. The Hall–Kier alpha value is -2.88. The van der Waals surface area contributed by atoms with Crippen molar-refractivity contribution in [3.8, 4) is 5.75 Å². The van der Waals surface area contributed by atoms with Gasteiger partial charge in [0.25, 0.3) is 5.56 Å². The van der Waals surface area contributed by atoms with Crippen LogP contribution < -0.4 is 21.3 Å². The number of imidazole rings is 1. The lowest BCUT2D eigenvalue weighted by Gasteiger charge is -2.10. The number of hydrogen-bond acceptors (Lipinski definition) is 5. The molecule has 0 fully saturated rings. The number of carbonyl (C=O) groups is 1. The molecular weight excluding hydrogens is 418 g/mol. The van der Waals surface area contributed by atoms with Crippen molar-refractivity contribution in [3.05, 3.63) is 55.4 Å². The number of methoxy groups -OCH3 is 1. The first-order chi connectivity index (χ1) is 12.8. The van der Waals surface area contributed by atoms with Gasteiger partial charge in [-0.2, -0.15) is 0 Å². The molecule has 0 atom stereocenters. The summed E-state index contributed by atoms with van der Waals surface area (Å²) in [6.07, 6.45) is 0. The molecule has 3 aromatic rings. The summed E-state index contributed by atoms with van der Waals surface area (Å²) in [6.45, 7) is 0.225. The van der Waals surface area contributed by atoms with Crippen LogP contribution in [0.25, 0.3) is 11.2 Å². The van der Waals surface area contributed by atoms with E-state index >= 15 is 0 Å². The van der Waals surface area contributed by atoms with Gasteiger partial charge >= 0.3 is 5.69 Å². The zero-order valence-corrected chi connectivity index (χ0v) is 16.6. The van der Waals surface area contributed by atoms with Crippen LogP contribution in [0, 0.1) is 0 Å². The van der Waals surface area contributed by atoms with Crippen molar-refractivity contribution in [3.63, 3.8) is 0 Å².